The maximum atomic E-state index is 11.6. The lowest BCUT2D eigenvalue weighted by Gasteiger charge is -2.12. The van der Waals surface area contributed by atoms with Gasteiger partial charge in [0, 0.05) is 17.8 Å². The molecule has 0 aliphatic heterocycles. The van der Waals surface area contributed by atoms with E-state index in [1.165, 1.54) is 25.7 Å². The molecule has 0 atom stereocenters. The van der Waals surface area contributed by atoms with Gasteiger partial charge in [-0.15, -0.1) is 0 Å². The average Bonchev–Trinajstić information content (AvgIpc) is 3.27. The van der Waals surface area contributed by atoms with Gasteiger partial charge in [0.1, 0.15) is 17.0 Å². The van der Waals surface area contributed by atoms with Crippen LogP contribution in [0, 0.1) is 0 Å². The number of hydrogen-bond donors (Lipinski definition) is 2. The van der Waals surface area contributed by atoms with Crippen LogP contribution in [0.3, 0.4) is 0 Å². The molecule has 0 bridgehead atoms. The Balaban J connectivity index is 1.56. The van der Waals surface area contributed by atoms with Crippen molar-refractivity contribution in [3.8, 4) is 23.0 Å². The molecular formula is C26H22N6O4. The van der Waals surface area contributed by atoms with E-state index in [1.807, 2.05) is 53.2 Å². The molecule has 36 heavy (non-hydrogen) atoms. The first-order chi connectivity index (χ1) is 17.6. The smallest absolute Gasteiger partial charge is 0.339 e. The molecular weight excluding hydrogens is 460 g/mol. The highest BCUT2D eigenvalue weighted by molar-refractivity contribution is 5.95. The molecule has 0 saturated carbocycles. The molecule has 10 nitrogen and oxygen atoms in total. The minimum absolute atomic E-state index is 0.00827. The Kier molecular flexibility index (Phi) is 6.14. The first kappa shape index (κ1) is 22.8. The van der Waals surface area contributed by atoms with Gasteiger partial charge in [-0.1, -0.05) is 30.3 Å². The van der Waals surface area contributed by atoms with E-state index in [9.17, 15) is 9.90 Å². The van der Waals surface area contributed by atoms with Gasteiger partial charge in [-0.05, 0) is 29.8 Å². The number of aromatic nitrogens is 5. The van der Waals surface area contributed by atoms with Crippen molar-refractivity contribution in [2.24, 2.45) is 0 Å². The zero-order chi connectivity index (χ0) is 25.1. The Morgan fingerprint density at radius 1 is 1.03 bits per heavy atom. The summed E-state index contributed by atoms with van der Waals surface area (Å²) in [5.74, 6) is 0.714. The quantitative estimate of drug-likeness (QED) is 0.331. The molecule has 10 heteroatoms. The molecule has 0 unspecified atom stereocenters. The van der Waals surface area contributed by atoms with Crippen molar-refractivity contribution >= 4 is 28.4 Å². The number of benzene rings is 2. The monoisotopic (exact) mass is 482 g/mol. The summed E-state index contributed by atoms with van der Waals surface area (Å²) in [6.07, 6.45) is 4.30. The van der Waals surface area contributed by atoms with E-state index in [2.05, 4.69) is 20.3 Å². The van der Waals surface area contributed by atoms with Gasteiger partial charge in [-0.25, -0.2) is 14.8 Å². The van der Waals surface area contributed by atoms with Crippen molar-refractivity contribution in [1.29, 1.82) is 0 Å². The van der Waals surface area contributed by atoms with Gasteiger partial charge >= 0.3 is 5.97 Å². The number of carboxylic acid groups (broad SMARTS) is 1. The van der Waals surface area contributed by atoms with Crippen LogP contribution in [-0.4, -0.2) is 50.0 Å². The number of nitrogens with zero attached hydrogens (tertiary/aromatic N) is 5. The van der Waals surface area contributed by atoms with Crippen LogP contribution < -0.4 is 14.8 Å². The van der Waals surface area contributed by atoms with Crippen molar-refractivity contribution in [1.82, 2.24) is 24.7 Å². The third kappa shape index (κ3) is 4.39. The van der Waals surface area contributed by atoms with Gasteiger partial charge in [-0.3, -0.25) is 9.67 Å². The molecule has 0 aliphatic carbocycles. The number of aromatic carboxylic acids is 1. The molecule has 0 aliphatic rings. The summed E-state index contributed by atoms with van der Waals surface area (Å²) in [5.41, 5.74) is 2.93. The van der Waals surface area contributed by atoms with Crippen molar-refractivity contribution in [2.45, 2.75) is 6.54 Å². The van der Waals surface area contributed by atoms with E-state index >= 15 is 0 Å². The topological polar surface area (TPSA) is 124 Å². The first-order valence-corrected chi connectivity index (χ1v) is 11.0. The van der Waals surface area contributed by atoms with Crippen LogP contribution in [0.1, 0.15) is 15.9 Å². The molecule has 5 rings (SSSR count). The maximum absolute atomic E-state index is 11.6. The lowest BCUT2D eigenvalue weighted by Crippen LogP contribution is -2.06. The third-order valence-electron chi connectivity index (χ3n) is 5.64. The van der Waals surface area contributed by atoms with Gasteiger partial charge in [0.05, 0.1) is 38.2 Å². The molecule has 3 aromatic heterocycles. The molecule has 0 spiro atoms. The number of para-hydroxylation sites is 1. The zero-order valence-electron chi connectivity index (χ0n) is 19.5. The van der Waals surface area contributed by atoms with Gasteiger partial charge in [0.15, 0.2) is 17.4 Å². The number of hydrogen-bond acceptors (Lipinski definition) is 8. The molecule has 2 N–H and O–H groups in total. The fourth-order valence-corrected chi connectivity index (χ4v) is 3.84. The zero-order valence-corrected chi connectivity index (χ0v) is 19.5. The normalized spacial score (nSPS) is 10.8. The highest BCUT2D eigenvalue weighted by atomic mass is 16.5. The Labute approximate surface area is 206 Å². The van der Waals surface area contributed by atoms with Crippen LogP contribution in [0.4, 0.5) is 11.5 Å². The first-order valence-electron chi connectivity index (χ1n) is 11.0. The second-order valence-corrected chi connectivity index (χ2v) is 7.83. The van der Waals surface area contributed by atoms with Crippen molar-refractivity contribution in [3.05, 3.63) is 84.3 Å². The predicted molar refractivity (Wildman–Crippen MR) is 134 cm³/mol. The van der Waals surface area contributed by atoms with Crippen molar-refractivity contribution in [3.63, 3.8) is 0 Å². The summed E-state index contributed by atoms with van der Waals surface area (Å²) in [6.45, 7) is 0.546. The number of methoxy groups -OCH3 is 2. The van der Waals surface area contributed by atoms with E-state index in [0.29, 0.717) is 35.3 Å². The van der Waals surface area contributed by atoms with Crippen LogP contribution in [0.15, 0.2) is 73.2 Å². The third-order valence-corrected chi connectivity index (χ3v) is 5.64. The molecule has 0 fully saturated rings. The summed E-state index contributed by atoms with van der Waals surface area (Å²) in [5, 5.41) is 18.3. The molecule has 3 heterocycles. The molecule has 0 amide bonds. The van der Waals surface area contributed by atoms with Crippen LogP contribution in [0.2, 0.25) is 0 Å². The van der Waals surface area contributed by atoms with E-state index < -0.39 is 5.97 Å². The summed E-state index contributed by atoms with van der Waals surface area (Å²) in [6, 6.07) is 17.2. The number of pyridine rings is 1. The lowest BCUT2D eigenvalue weighted by atomic mass is 10.2. The average molecular weight is 483 g/mol. The van der Waals surface area contributed by atoms with Crippen LogP contribution in [0.5, 0.6) is 11.5 Å². The summed E-state index contributed by atoms with van der Waals surface area (Å²) < 4.78 is 12.6. The van der Waals surface area contributed by atoms with Crippen molar-refractivity contribution < 1.29 is 19.4 Å². The number of carbonyl (C=O) groups is 1. The highest BCUT2D eigenvalue weighted by Gasteiger charge is 2.19. The van der Waals surface area contributed by atoms with Crippen LogP contribution >= 0.6 is 0 Å². The largest absolute Gasteiger partial charge is 0.497 e. The van der Waals surface area contributed by atoms with E-state index in [-0.39, 0.29) is 5.56 Å². The Morgan fingerprint density at radius 2 is 1.83 bits per heavy atom. The Morgan fingerprint density at radius 3 is 2.58 bits per heavy atom. The number of rotatable bonds is 8. The Hall–Kier alpha value is -4.99. The van der Waals surface area contributed by atoms with Crippen molar-refractivity contribution in [2.75, 3.05) is 19.5 Å². The fraction of sp³-hybridized carbons (Fsp3) is 0.115. The standard InChI is InChI=1S/C26H22N6O4/c1-35-17-9-7-16(8-10-17)15-32-21-6-4-3-5-18(21)23(31-32)25-28-14-22(36-2)24(30-25)29-20-11-12-27-13-19(20)26(33)34/h3-14H,15H2,1-2H3,(H,33,34)(H,27,28,29,30). The highest BCUT2D eigenvalue weighted by Crippen LogP contribution is 2.31. The minimum Gasteiger partial charge on any atom is -0.497 e. The second-order valence-electron chi connectivity index (χ2n) is 7.83. The van der Waals surface area contributed by atoms with Crippen LogP contribution in [0.25, 0.3) is 22.4 Å². The second kappa shape index (κ2) is 9.71. The maximum Gasteiger partial charge on any atom is 0.339 e. The molecule has 5 aromatic rings. The summed E-state index contributed by atoms with van der Waals surface area (Å²) in [4.78, 5) is 24.6. The fourth-order valence-electron chi connectivity index (χ4n) is 3.84. The number of nitrogens with one attached hydrogen (secondary N) is 1. The number of carboxylic acids is 1. The van der Waals surface area contributed by atoms with E-state index in [1.54, 1.807) is 13.2 Å². The van der Waals surface area contributed by atoms with Gasteiger partial charge in [0.25, 0.3) is 0 Å². The molecule has 0 saturated heterocycles. The molecule has 180 valence electrons. The van der Waals surface area contributed by atoms with Gasteiger partial charge in [0.2, 0.25) is 0 Å². The predicted octanol–water partition coefficient (Wildman–Crippen LogP) is 4.40. The summed E-state index contributed by atoms with van der Waals surface area (Å²) >= 11 is 0. The van der Waals surface area contributed by atoms with Gasteiger partial charge in [-0.2, -0.15) is 5.10 Å². The SMILES string of the molecule is COc1ccc(Cn2nc(-c3ncc(OC)c(Nc4ccncc4C(=O)O)n3)c3ccccc32)cc1. The van der Waals surface area contributed by atoms with E-state index in [0.717, 1.165) is 22.2 Å². The summed E-state index contributed by atoms with van der Waals surface area (Å²) in [7, 11) is 3.13. The minimum atomic E-state index is -1.11. The molecule has 0 radical (unpaired) electrons. The Bertz CT molecular complexity index is 1550. The lowest BCUT2D eigenvalue weighted by molar-refractivity contribution is 0.0697. The van der Waals surface area contributed by atoms with Gasteiger partial charge < -0.3 is 19.9 Å². The number of anilines is 2. The van der Waals surface area contributed by atoms with E-state index in [4.69, 9.17) is 14.6 Å². The molecule has 2 aromatic carbocycles. The number of ether oxygens (including phenoxy) is 2. The number of fused-ring (bicyclic) bond motifs is 1. The van der Waals surface area contributed by atoms with Crippen LogP contribution in [-0.2, 0) is 6.54 Å².